The number of carbonyl (C=O) groups excluding carboxylic acids is 2. The SMILES string of the molecule is O=C(c1cccc(N2CCCC2=O)c1)N1CCC(N2CCc3ccccc32)CC1. The fourth-order valence-corrected chi connectivity index (χ4v) is 5.03. The number of fused-ring (bicyclic) bond motifs is 1. The van der Waals surface area contributed by atoms with Crippen molar-refractivity contribution in [2.45, 2.75) is 38.1 Å². The molecule has 29 heavy (non-hydrogen) atoms. The van der Waals surface area contributed by atoms with E-state index < -0.39 is 0 Å². The maximum Gasteiger partial charge on any atom is 0.253 e. The normalized spacial score (nSPS) is 19.7. The summed E-state index contributed by atoms with van der Waals surface area (Å²) in [5, 5.41) is 0. The van der Waals surface area contributed by atoms with E-state index in [0.29, 0.717) is 18.0 Å². The van der Waals surface area contributed by atoms with Gasteiger partial charge in [-0.25, -0.2) is 0 Å². The third-order valence-electron chi connectivity index (χ3n) is 6.59. The van der Waals surface area contributed by atoms with Crippen LogP contribution in [0, 0.1) is 0 Å². The molecule has 0 aliphatic carbocycles. The molecule has 0 saturated carbocycles. The van der Waals surface area contributed by atoms with Crippen molar-refractivity contribution in [2.75, 3.05) is 36.0 Å². The van der Waals surface area contributed by atoms with E-state index in [9.17, 15) is 9.59 Å². The van der Waals surface area contributed by atoms with E-state index in [0.717, 1.165) is 57.5 Å². The number of para-hydroxylation sites is 1. The van der Waals surface area contributed by atoms with E-state index in [1.165, 1.54) is 11.3 Å². The van der Waals surface area contributed by atoms with Crippen molar-refractivity contribution in [2.24, 2.45) is 0 Å². The molecule has 0 atom stereocenters. The summed E-state index contributed by atoms with van der Waals surface area (Å²) in [7, 11) is 0. The van der Waals surface area contributed by atoms with Gasteiger partial charge in [-0.2, -0.15) is 0 Å². The van der Waals surface area contributed by atoms with Crippen LogP contribution in [0.2, 0.25) is 0 Å². The molecule has 150 valence electrons. The fourth-order valence-electron chi connectivity index (χ4n) is 5.03. The second-order valence-corrected chi connectivity index (χ2v) is 8.29. The van der Waals surface area contributed by atoms with Gasteiger partial charge in [0.05, 0.1) is 0 Å². The molecule has 0 spiro atoms. The zero-order valence-electron chi connectivity index (χ0n) is 16.7. The number of amides is 2. The Labute approximate surface area is 171 Å². The molecular formula is C24H27N3O2. The first-order valence-electron chi connectivity index (χ1n) is 10.7. The van der Waals surface area contributed by atoms with E-state index in [1.807, 2.05) is 29.2 Å². The highest BCUT2D eigenvalue weighted by atomic mass is 16.2. The van der Waals surface area contributed by atoms with Crippen LogP contribution in [-0.4, -0.2) is 48.9 Å². The molecule has 0 unspecified atom stereocenters. The summed E-state index contributed by atoms with van der Waals surface area (Å²) in [4.78, 5) is 31.4. The summed E-state index contributed by atoms with van der Waals surface area (Å²) >= 11 is 0. The summed E-state index contributed by atoms with van der Waals surface area (Å²) in [6.45, 7) is 3.41. The minimum absolute atomic E-state index is 0.0822. The standard InChI is InChI=1S/C24H27N3O2/c28-23-9-4-13-27(23)21-7-3-6-19(17-21)24(29)25-14-11-20(12-15-25)26-16-10-18-5-1-2-8-22(18)26/h1-3,5-8,17,20H,4,9-16H2. The van der Waals surface area contributed by atoms with Crippen LogP contribution < -0.4 is 9.80 Å². The van der Waals surface area contributed by atoms with Crippen molar-refractivity contribution in [1.82, 2.24) is 4.90 Å². The van der Waals surface area contributed by atoms with Crippen molar-refractivity contribution < 1.29 is 9.59 Å². The summed E-state index contributed by atoms with van der Waals surface area (Å²) in [5.41, 5.74) is 4.36. The average molecular weight is 389 g/mol. The molecule has 2 aromatic carbocycles. The highest BCUT2D eigenvalue weighted by Gasteiger charge is 2.31. The van der Waals surface area contributed by atoms with Gasteiger partial charge in [0, 0.05) is 55.6 Å². The van der Waals surface area contributed by atoms with Crippen molar-refractivity contribution in [3.8, 4) is 0 Å². The van der Waals surface area contributed by atoms with Crippen molar-refractivity contribution in [3.63, 3.8) is 0 Å². The molecule has 5 heteroatoms. The van der Waals surface area contributed by atoms with Gasteiger partial charge in [0.25, 0.3) is 5.91 Å². The number of anilines is 2. The lowest BCUT2D eigenvalue weighted by Gasteiger charge is -2.38. The van der Waals surface area contributed by atoms with Crippen LogP contribution in [0.1, 0.15) is 41.6 Å². The second kappa shape index (κ2) is 7.54. The molecule has 0 bridgehead atoms. The number of rotatable bonds is 3. The zero-order chi connectivity index (χ0) is 19.8. The van der Waals surface area contributed by atoms with Gasteiger partial charge < -0.3 is 14.7 Å². The molecule has 0 radical (unpaired) electrons. The smallest absolute Gasteiger partial charge is 0.253 e. The number of nitrogens with zero attached hydrogens (tertiary/aromatic N) is 3. The Morgan fingerprint density at radius 3 is 2.52 bits per heavy atom. The molecule has 3 heterocycles. The van der Waals surface area contributed by atoms with Crippen LogP contribution >= 0.6 is 0 Å². The third kappa shape index (κ3) is 3.39. The lowest BCUT2D eigenvalue weighted by molar-refractivity contribution is -0.117. The molecule has 0 aromatic heterocycles. The summed E-state index contributed by atoms with van der Waals surface area (Å²) < 4.78 is 0. The fraction of sp³-hybridized carbons (Fsp3) is 0.417. The molecule has 2 saturated heterocycles. The Morgan fingerprint density at radius 2 is 1.72 bits per heavy atom. The van der Waals surface area contributed by atoms with Crippen LogP contribution in [0.3, 0.4) is 0 Å². The minimum Gasteiger partial charge on any atom is -0.368 e. The highest BCUT2D eigenvalue weighted by molar-refractivity contribution is 5.99. The predicted molar refractivity (Wildman–Crippen MR) is 114 cm³/mol. The van der Waals surface area contributed by atoms with E-state index in [1.54, 1.807) is 4.90 Å². The maximum absolute atomic E-state index is 13.1. The molecule has 2 fully saturated rings. The van der Waals surface area contributed by atoms with Crippen molar-refractivity contribution >= 4 is 23.2 Å². The lowest BCUT2D eigenvalue weighted by atomic mass is 10.0. The van der Waals surface area contributed by atoms with Gasteiger partial charge in [0.15, 0.2) is 0 Å². The number of benzene rings is 2. The van der Waals surface area contributed by atoms with Gasteiger partial charge in [0.1, 0.15) is 0 Å². The Bertz CT molecular complexity index is 933. The molecule has 5 nitrogen and oxygen atoms in total. The van der Waals surface area contributed by atoms with Crippen LogP contribution in [0.15, 0.2) is 48.5 Å². The number of carbonyl (C=O) groups is 2. The molecule has 2 amide bonds. The maximum atomic E-state index is 13.1. The number of hydrogen-bond acceptors (Lipinski definition) is 3. The molecule has 5 rings (SSSR count). The lowest BCUT2D eigenvalue weighted by Crippen LogP contribution is -2.46. The van der Waals surface area contributed by atoms with Crippen molar-refractivity contribution in [3.05, 3.63) is 59.7 Å². The van der Waals surface area contributed by atoms with Crippen LogP contribution in [0.25, 0.3) is 0 Å². The molecule has 2 aromatic rings. The third-order valence-corrected chi connectivity index (χ3v) is 6.59. The van der Waals surface area contributed by atoms with Crippen LogP contribution in [0.4, 0.5) is 11.4 Å². The zero-order valence-corrected chi connectivity index (χ0v) is 16.7. The average Bonchev–Trinajstić information content (AvgIpc) is 3.40. The molecular weight excluding hydrogens is 362 g/mol. The van der Waals surface area contributed by atoms with E-state index in [4.69, 9.17) is 0 Å². The second-order valence-electron chi connectivity index (χ2n) is 8.29. The van der Waals surface area contributed by atoms with Crippen molar-refractivity contribution in [1.29, 1.82) is 0 Å². The number of likely N-dealkylation sites (tertiary alicyclic amines) is 1. The first-order valence-corrected chi connectivity index (χ1v) is 10.7. The molecule has 3 aliphatic heterocycles. The first-order chi connectivity index (χ1) is 14.2. The van der Waals surface area contributed by atoms with Gasteiger partial charge in [-0.05, 0) is 55.5 Å². The van der Waals surface area contributed by atoms with E-state index in [2.05, 4.69) is 29.2 Å². The molecule has 0 N–H and O–H groups in total. The van der Waals surface area contributed by atoms with Gasteiger partial charge in [-0.15, -0.1) is 0 Å². The largest absolute Gasteiger partial charge is 0.368 e. The highest BCUT2D eigenvalue weighted by Crippen LogP contribution is 2.32. The summed E-state index contributed by atoms with van der Waals surface area (Å²) in [6.07, 6.45) is 4.63. The van der Waals surface area contributed by atoms with E-state index in [-0.39, 0.29) is 11.8 Å². The van der Waals surface area contributed by atoms with Gasteiger partial charge in [-0.1, -0.05) is 24.3 Å². The Balaban J connectivity index is 1.25. The molecule has 3 aliphatic rings. The summed E-state index contributed by atoms with van der Waals surface area (Å²) in [5.74, 6) is 0.236. The quantitative estimate of drug-likeness (QED) is 0.807. The first kappa shape index (κ1) is 18.2. The Kier molecular flexibility index (Phi) is 4.74. The van der Waals surface area contributed by atoms with Gasteiger partial charge in [0.2, 0.25) is 5.91 Å². The van der Waals surface area contributed by atoms with Gasteiger partial charge >= 0.3 is 0 Å². The minimum atomic E-state index is 0.0822. The van der Waals surface area contributed by atoms with Crippen LogP contribution in [-0.2, 0) is 11.2 Å². The predicted octanol–water partition coefficient (Wildman–Crippen LogP) is 3.48. The topological polar surface area (TPSA) is 43.9 Å². The van der Waals surface area contributed by atoms with Gasteiger partial charge in [-0.3, -0.25) is 9.59 Å². The van der Waals surface area contributed by atoms with Crippen LogP contribution in [0.5, 0.6) is 0 Å². The van der Waals surface area contributed by atoms with E-state index >= 15 is 0 Å². The summed E-state index contributed by atoms with van der Waals surface area (Å²) in [6, 6.07) is 16.8. The Morgan fingerprint density at radius 1 is 0.897 bits per heavy atom. The number of hydrogen-bond donors (Lipinski definition) is 0. The Hall–Kier alpha value is -2.82. The monoisotopic (exact) mass is 389 g/mol. The number of piperidine rings is 1.